The summed E-state index contributed by atoms with van der Waals surface area (Å²) in [7, 11) is 0. The molecule has 0 atom stereocenters. The molecule has 0 radical (unpaired) electrons. The van der Waals surface area contributed by atoms with Gasteiger partial charge >= 0.3 is 12.0 Å². The van der Waals surface area contributed by atoms with Gasteiger partial charge in [0.1, 0.15) is 0 Å². The molecule has 2 aromatic carbocycles. The molecule has 0 fully saturated rings. The van der Waals surface area contributed by atoms with Crippen molar-refractivity contribution in [2.24, 2.45) is 0 Å². The van der Waals surface area contributed by atoms with Crippen LogP contribution in [0.1, 0.15) is 38.7 Å². The summed E-state index contributed by atoms with van der Waals surface area (Å²) in [5, 5.41) is 19.1. The first-order chi connectivity index (χ1) is 15.3. The van der Waals surface area contributed by atoms with Gasteiger partial charge in [0.25, 0.3) is 0 Å². The maximum Gasteiger partial charge on any atom is 0.323 e. The quantitative estimate of drug-likeness (QED) is 0.400. The fourth-order valence-electron chi connectivity index (χ4n) is 2.48. The minimum absolute atomic E-state index is 0.0294. The van der Waals surface area contributed by atoms with Crippen LogP contribution in [0.3, 0.4) is 0 Å². The molecule has 9 heteroatoms. The molecule has 0 aliphatic heterocycles. The summed E-state index contributed by atoms with van der Waals surface area (Å²) in [6, 6.07) is 13.6. The van der Waals surface area contributed by atoms with Crippen LogP contribution in [0.5, 0.6) is 0 Å². The molecule has 0 aliphatic carbocycles. The van der Waals surface area contributed by atoms with Gasteiger partial charge in [0.2, 0.25) is 11.8 Å². The topological polar surface area (TPSA) is 137 Å². The van der Waals surface area contributed by atoms with Crippen LogP contribution in [-0.4, -0.2) is 35.5 Å². The van der Waals surface area contributed by atoms with E-state index in [0.29, 0.717) is 17.1 Å². The summed E-state index contributed by atoms with van der Waals surface area (Å²) in [5.41, 5.74) is 2.74. The van der Waals surface area contributed by atoms with E-state index < -0.39 is 5.97 Å². The Kier molecular flexibility index (Phi) is 11.6. The Bertz CT molecular complexity index is 913. The Morgan fingerprint density at radius 3 is 1.91 bits per heavy atom. The summed E-state index contributed by atoms with van der Waals surface area (Å²) >= 11 is 0. The van der Waals surface area contributed by atoms with Gasteiger partial charge in [0, 0.05) is 36.4 Å². The Hall–Kier alpha value is -3.88. The molecule has 0 bridgehead atoms. The van der Waals surface area contributed by atoms with Gasteiger partial charge in [-0.25, -0.2) is 4.79 Å². The number of carboxylic acids is 1. The largest absolute Gasteiger partial charge is 0.481 e. The summed E-state index contributed by atoms with van der Waals surface area (Å²) in [6.07, 6.45) is -0.233. The third-order valence-electron chi connectivity index (χ3n) is 4.06. The van der Waals surface area contributed by atoms with Crippen LogP contribution in [0.4, 0.5) is 21.9 Å². The standard InChI is InChI=1S/C21H24N4O5.C2H6/c1-14-4-2-3-5-17(14)25-21(30)24-16-8-6-15(7-9-16)23-19(27)11-10-18(26)22-13-12-20(28)29;1-2/h2-9H,10-13H2,1H3,(H,22,26)(H,23,27)(H,28,29)(H2,24,25,30);1-2H3. The summed E-state index contributed by atoms with van der Waals surface area (Å²) in [6.45, 7) is 5.93. The lowest BCUT2D eigenvalue weighted by atomic mass is 10.2. The minimum atomic E-state index is -1.00. The average Bonchev–Trinajstić information content (AvgIpc) is 2.76. The maximum absolute atomic E-state index is 12.1. The van der Waals surface area contributed by atoms with Crippen molar-refractivity contribution in [3.63, 3.8) is 0 Å². The van der Waals surface area contributed by atoms with E-state index in [1.807, 2.05) is 39.0 Å². The number of aliphatic carboxylic acids is 1. The van der Waals surface area contributed by atoms with Gasteiger partial charge in [-0.2, -0.15) is 0 Å². The molecule has 0 saturated heterocycles. The van der Waals surface area contributed by atoms with Crippen molar-refractivity contribution in [2.75, 3.05) is 22.5 Å². The molecule has 0 saturated carbocycles. The third kappa shape index (κ3) is 10.2. The number of aryl methyl sites for hydroxylation is 1. The first-order valence-electron chi connectivity index (χ1n) is 10.4. The van der Waals surface area contributed by atoms with Gasteiger partial charge in [-0.15, -0.1) is 0 Å². The van der Waals surface area contributed by atoms with Crippen LogP contribution in [0.25, 0.3) is 0 Å². The van der Waals surface area contributed by atoms with Crippen molar-refractivity contribution < 1.29 is 24.3 Å². The highest BCUT2D eigenvalue weighted by Crippen LogP contribution is 2.16. The number of amides is 4. The molecular formula is C23H30N4O5. The van der Waals surface area contributed by atoms with Crippen molar-refractivity contribution in [3.05, 3.63) is 54.1 Å². The number of benzene rings is 2. The van der Waals surface area contributed by atoms with Crippen LogP contribution in [-0.2, 0) is 14.4 Å². The van der Waals surface area contributed by atoms with E-state index in [-0.39, 0.29) is 43.7 Å². The SMILES string of the molecule is CC.Cc1ccccc1NC(=O)Nc1ccc(NC(=O)CCC(=O)NCCC(=O)O)cc1. The molecule has 0 spiro atoms. The molecule has 172 valence electrons. The first-order valence-corrected chi connectivity index (χ1v) is 10.4. The average molecular weight is 443 g/mol. The number of rotatable bonds is 9. The number of nitrogens with one attached hydrogen (secondary N) is 4. The molecule has 0 aromatic heterocycles. The predicted molar refractivity (Wildman–Crippen MR) is 125 cm³/mol. The second kappa shape index (κ2) is 14.2. The van der Waals surface area contributed by atoms with E-state index >= 15 is 0 Å². The zero-order valence-corrected chi connectivity index (χ0v) is 18.5. The van der Waals surface area contributed by atoms with Crippen LogP contribution in [0, 0.1) is 6.92 Å². The van der Waals surface area contributed by atoms with Gasteiger partial charge < -0.3 is 26.4 Å². The number of urea groups is 1. The Balaban J connectivity index is 0.00000249. The third-order valence-corrected chi connectivity index (χ3v) is 4.06. The molecule has 9 nitrogen and oxygen atoms in total. The smallest absolute Gasteiger partial charge is 0.323 e. The van der Waals surface area contributed by atoms with Crippen molar-refractivity contribution in [3.8, 4) is 0 Å². The lowest BCUT2D eigenvalue weighted by molar-refractivity contribution is -0.137. The number of para-hydroxylation sites is 1. The van der Waals surface area contributed by atoms with Gasteiger partial charge in [-0.05, 0) is 42.8 Å². The highest BCUT2D eigenvalue weighted by atomic mass is 16.4. The van der Waals surface area contributed by atoms with Crippen LogP contribution >= 0.6 is 0 Å². The predicted octanol–water partition coefficient (Wildman–Crippen LogP) is 3.97. The molecule has 0 aliphatic rings. The molecule has 0 heterocycles. The number of carbonyl (C=O) groups is 4. The van der Waals surface area contributed by atoms with Crippen LogP contribution in [0.15, 0.2) is 48.5 Å². The summed E-state index contributed by atoms with van der Waals surface area (Å²) in [5.74, 6) is -1.73. The molecule has 32 heavy (non-hydrogen) atoms. The van der Waals surface area contributed by atoms with E-state index in [2.05, 4.69) is 21.3 Å². The Morgan fingerprint density at radius 2 is 1.31 bits per heavy atom. The molecule has 0 unspecified atom stereocenters. The zero-order chi connectivity index (χ0) is 23.9. The highest BCUT2D eigenvalue weighted by molar-refractivity contribution is 6.00. The number of anilines is 3. The molecular weight excluding hydrogens is 412 g/mol. The number of hydrogen-bond donors (Lipinski definition) is 5. The highest BCUT2D eigenvalue weighted by Gasteiger charge is 2.09. The van der Waals surface area contributed by atoms with E-state index in [9.17, 15) is 19.2 Å². The minimum Gasteiger partial charge on any atom is -0.481 e. The Labute approximate surface area is 187 Å². The van der Waals surface area contributed by atoms with E-state index in [0.717, 1.165) is 5.56 Å². The van der Waals surface area contributed by atoms with Crippen molar-refractivity contribution in [1.29, 1.82) is 0 Å². The first kappa shape index (κ1) is 26.2. The van der Waals surface area contributed by atoms with Gasteiger partial charge in [0.05, 0.1) is 6.42 Å². The second-order valence-corrected chi connectivity index (χ2v) is 6.51. The lowest BCUT2D eigenvalue weighted by Gasteiger charge is -2.10. The van der Waals surface area contributed by atoms with Gasteiger partial charge in [-0.1, -0.05) is 32.0 Å². The molecule has 4 amide bonds. The van der Waals surface area contributed by atoms with Gasteiger partial charge in [0.15, 0.2) is 0 Å². The molecule has 2 rings (SSSR count). The second-order valence-electron chi connectivity index (χ2n) is 6.51. The van der Waals surface area contributed by atoms with Crippen molar-refractivity contribution in [1.82, 2.24) is 5.32 Å². The maximum atomic E-state index is 12.1. The zero-order valence-electron chi connectivity index (χ0n) is 18.5. The number of carbonyl (C=O) groups excluding carboxylic acids is 3. The van der Waals surface area contributed by atoms with Crippen LogP contribution < -0.4 is 21.3 Å². The Morgan fingerprint density at radius 1 is 0.750 bits per heavy atom. The number of carboxylic acid groups (broad SMARTS) is 1. The van der Waals surface area contributed by atoms with Gasteiger partial charge in [-0.3, -0.25) is 14.4 Å². The monoisotopic (exact) mass is 442 g/mol. The van der Waals surface area contributed by atoms with E-state index in [4.69, 9.17) is 5.11 Å². The summed E-state index contributed by atoms with van der Waals surface area (Å²) in [4.78, 5) is 46.0. The fraction of sp³-hybridized carbons (Fsp3) is 0.304. The summed E-state index contributed by atoms with van der Waals surface area (Å²) < 4.78 is 0. The van der Waals surface area contributed by atoms with Crippen LogP contribution in [0.2, 0.25) is 0 Å². The fourth-order valence-corrected chi connectivity index (χ4v) is 2.48. The molecule has 2 aromatic rings. The van der Waals surface area contributed by atoms with E-state index in [1.54, 1.807) is 30.3 Å². The molecule has 5 N–H and O–H groups in total. The number of hydrogen-bond acceptors (Lipinski definition) is 4. The van der Waals surface area contributed by atoms with Crippen molar-refractivity contribution in [2.45, 2.75) is 40.0 Å². The normalized spacial score (nSPS) is 9.59. The lowest BCUT2D eigenvalue weighted by Crippen LogP contribution is -2.27. The van der Waals surface area contributed by atoms with Crippen molar-refractivity contribution >= 4 is 40.9 Å². The van der Waals surface area contributed by atoms with E-state index in [1.165, 1.54) is 0 Å².